The number of rotatable bonds is 11. The van der Waals surface area contributed by atoms with Crippen molar-refractivity contribution in [2.75, 3.05) is 9.80 Å². The van der Waals surface area contributed by atoms with E-state index in [0.29, 0.717) is 0 Å². The Balaban J connectivity index is 1.01. The number of fused-ring (bicyclic) bond motifs is 3. The molecule has 0 atom stereocenters. The molecule has 0 fully saturated rings. The molecule has 12 rings (SSSR count). The topological polar surface area (TPSA) is 6.48 Å². The molecule has 0 saturated heterocycles. The highest BCUT2D eigenvalue weighted by molar-refractivity contribution is 5.95. The lowest BCUT2D eigenvalue weighted by atomic mass is 9.82. The van der Waals surface area contributed by atoms with Crippen molar-refractivity contribution in [1.82, 2.24) is 0 Å². The summed E-state index contributed by atoms with van der Waals surface area (Å²) in [6.07, 6.45) is 0. The summed E-state index contributed by atoms with van der Waals surface area (Å²) in [5, 5.41) is 0. The fraction of sp³-hybridized carbons (Fsp3) is 0.0435. The first-order valence-electron chi connectivity index (χ1n) is 24.6. The Hall–Kier alpha value is -8.98. The standard InChI is InChI=1S/C69H52N2/c1-69(2)65-31-19-18-30-61(65)62-43-42-60(48-66(62)69)71(57-28-16-7-17-29-57)68-45-37-56(47-64(68)54-26-14-6-15-27-54)55-36-44-67(63(46-55)53-24-12-5-13-25-53)70(58-38-32-51(33-39-58)49-20-8-3-9-21-49)59-40-34-52(35-41-59)50-22-10-4-11-23-50/h3-48H,1-2H3. The zero-order valence-electron chi connectivity index (χ0n) is 40.0. The molecule has 1 aliphatic rings. The van der Waals surface area contributed by atoms with E-state index >= 15 is 0 Å². The van der Waals surface area contributed by atoms with Crippen LogP contribution in [0.4, 0.5) is 34.1 Å². The van der Waals surface area contributed by atoms with Crippen molar-refractivity contribution in [3.8, 4) is 66.8 Å². The molecule has 11 aromatic carbocycles. The van der Waals surface area contributed by atoms with E-state index in [2.05, 4.69) is 303 Å². The molecule has 0 N–H and O–H groups in total. The van der Waals surface area contributed by atoms with Crippen molar-refractivity contribution in [1.29, 1.82) is 0 Å². The fourth-order valence-electron chi connectivity index (χ4n) is 10.6. The van der Waals surface area contributed by atoms with Crippen LogP contribution in [0.3, 0.4) is 0 Å². The molecule has 0 aromatic heterocycles. The van der Waals surface area contributed by atoms with Crippen LogP contribution in [0.15, 0.2) is 279 Å². The zero-order valence-corrected chi connectivity index (χ0v) is 40.0. The molecule has 11 aromatic rings. The van der Waals surface area contributed by atoms with E-state index < -0.39 is 0 Å². The summed E-state index contributed by atoms with van der Waals surface area (Å²) in [6.45, 7) is 4.71. The smallest absolute Gasteiger partial charge is 0.0540 e. The number of benzene rings is 11. The van der Waals surface area contributed by atoms with Gasteiger partial charge < -0.3 is 9.80 Å². The minimum Gasteiger partial charge on any atom is -0.310 e. The Kier molecular flexibility index (Phi) is 11.3. The second-order valence-electron chi connectivity index (χ2n) is 18.9. The normalized spacial score (nSPS) is 12.2. The SMILES string of the molecule is CC1(C)c2ccccc2-c2ccc(N(c3ccccc3)c3ccc(-c4ccc(N(c5ccc(-c6ccccc6)cc5)c5ccc(-c6ccccc6)cc5)c(-c5ccccc5)c4)cc3-c3ccccc3)cc21. The first kappa shape index (κ1) is 43.3. The molecular formula is C69H52N2. The lowest BCUT2D eigenvalue weighted by molar-refractivity contribution is 0.660. The van der Waals surface area contributed by atoms with Crippen LogP contribution in [0.5, 0.6) is 0 Å². The molecule has 1 aliphatic carbocycles. The van der Waals surface area contributed by atoms with Gasteiger partial charge in [0.15, 0.2) is 0 Å². The molecule has 0 heterocycles. The van der Waals surface area contributed by atoms with Crippen molar-refractivity contribution in [2.24, 2.45) is 0 Å². The van der Waals surface area contributed by atoms with Crippen LogP contribution in [-0.4, -0.2) is 0 Å². The van der Waals surface area contributed by atoms with E-state index in [0.717, 1.165) is 67.5 Å². The van der Waals surface area contributed by atoms with E-state index in [4.69, 9.17) is 0 Å². The first-order chi connectivity index (χ1) is 35.0. The van der Waals surface area contributed by atoms with Crippen LogP contribution < -0.4 is 9.80 Å². The van der Waals surface area contributed by atoms with Gasteiger partial charge >= 0.3 is 0 Å². The molecule has 71 heavy (non-hydrogen) atoms. The van der Waals surface area contributed by atoms with E-state index in [9.17, 15) is 0 Å². The Morgan fingerprint density at radius 1 is 0.225 bits per heavy atom. The number of hydrogen-bond donors (Lipinski definition) is 0. The Morgan fingerprint density at radius 3 is 1.04 bits per heavy atom. The zero-order chi connectivity index (χ0) is 47.7. The lowest BCUT2D eigenvalue weighted by Gasteiger charge is -2.30. The summed E-state index contributed by atoms with van der Waals surface area (Å²) < 4.78 is 0. The summed E-state index contributed by atoms with van der Waals surface area (Å²) in [6, 6.07) is 102. The van der Waals surface area contributed by atoms with Crippen molar-refractivity contribution in [3.05, 3.63) is 290 Å². The molecule has 0 unspecified atom stereocenters. The molecule has 0 bridgehead atoms. The Bertz CT molecular complexity index is 3540. The fourth-order valence-corrected chi connectivity index (χ4v) is 10.6. The van der Waals surface area contributed by atoms with Gasteiger partial charge in [-0.1, -0.05) is 220 Å². The predicted molar refractivity (Wildman–Crippen MR) is 301 cm³/mol. The second-order valence-corrected chi connectivity index (χ2v) is 18.9. The largest absolute Gasteiger partial charge is 0.310 e. The van der Waals surface area contributed by atoms with E-state index in [1.165, 1.54) is 44.5 Å². The number of para-hydroxylation sites is 1. The van der Waals surface area contributed by atoms with Gasteiger partial charge in [0, 0.05) is 39.3 Å². The van der Waals surface area contributed by atoms with E-state index in [1.54, 1.807) is 0 Å². The van der Waals surface area contributed by atoms with Crippen LogP contribution in [-0.2, 0) is 5.41 Å². The quantitative estimate of drug-likeness (QED) is 0.128. The number of hydrogen-bond acceptors (Lipinski definition) is 2. The molecule has 338 valence electrons. The molecule has 0 spiro atoms. The summed E-state index contributed by atoms with van der Waals surface area (Å²) in [5.41, 5.74) is 23.5. The molecule has 0 amide bonds. The summed E-state index contributed by atoms with van der Waals surface area (Å²) in [7, 11) is 0. The van der Waals surface area contributed by atoms with Gasteiger partial charge in [-0.05, 0) is 140 Å². The van der Waals surface area contributed by atoms with Gasteiger partial charge in [0.2, 0.25) is 0 Å². The van der Waals surface area contributed by atoms with Crippen LogP contribution >= 0.6 is 0 Å². The van der Waals surface area contributed by atoms with Crippen molar-refractivity contribution >= 4 is 34.1 Å². The highest BCUT2D eigenvalue weighted by Gasteiger charge is 2.36. The van der Waals surface area contributed by atoms with Gasteiger partial charge in [0.1, 0.15) is 0 Å². The van der Waals surface area contributed by atoms with Gasteiger partial charge in [-0.3, -0.25) is 0 Å². The molecule has 0 saturated carbocycles. The average Bonchev–Trinajstić information content (AvgIpc) is 3.67. The summed E-state index contributed by atoms with van der Waals surface area (Å²) in [5.74, 6) is 0. The van der Waals surface area contributed by atoms with Gasteiger partial charge in [0.05, 0.1) is 11.4 Å². The van der Waals surface area contributed by atoms with Gasteiger partial charge in [-0.2, -0.15) is 0 Å². The van der Waals surface area contributed by atoms with Crippen LogP contribution in [0, 0.1) is 0 Å². The number of anilines is 6. The third-order valence-corrected chi connectivity index (χ3v) is 14.3. The van der Waals surface area contributed by atoms with Crippen LogP contribution in [0.25, 0.3) is 66.8 Å². The van der Waals surface area contributed by atoms with Crippen LogP contribution in [0.2, 0.25) is 0 Å². The maximum absolute atomic E-state index is 2.44. The first-order valence-corrected chi connectivity index (χ1v) is 24.6. The molecular weight excluding hydrogens is 857 g/mol. The minimum atomic E-state index is -0.133. The number of nitrogens with zero attached hydrogens (tertiary/aromatic N) is 2. The molecule has 2 nitrogen and oxygen atoms in total. The maximum atomic E-state index is 2.44. The van der Waals surface area contributed by atoms with Crippen LogP contribution in [0.1, 0.15) is 25.0 Å². The van der Waals surface area contributed by atoms with E-state index in [-0.39, 0.29) is 5.41 Å². The van der Waals surface area contributed by atoms with Crippen molar-refractivity contribution in [3.63, 3.8) is 0 Å². The molecule has 0 aliphatic heterocycles. The van der Waals surface area contributed by atoms with Gasteiger partial charge in [-0.25, -0.2) is 0 Å². The second kappa shape index (κ2) is 18.5. The van der Waals surface area contributed by atoms with Crippen molar-refractivity contribution < 1.29 is 0 Å². The highest BCUT2D eigenvalue weighted by Crippen LogP contribution is 2.52. The third-order valence-electron chi connectivity index (χ3n) is 14.3. The highest BCUT2D eigenvalue weighted by atomic mass is 15.2. The minimum absolute atomic E-state index is 0.133. The average molecular weight is 909 g/mol. The Labute approximate surface area is 418 Å². The Morgan fingerprint density at radius 2 is 0.563 bits per heavy atom. The monoisotopic (exact) mass is 908 g/mol. The summed E-state index contributed by atoms with van der Waals surface area (Å²) >= 11 is 0. The molecule has 0 radical (unpaired) electrons. The lowest BCUT2D eigenvalue weighted by Crippen LogP contribution is -2.16. The predicted octanol–water partition coefficient (Wildman–Crippen LogP) is 19.3. The maximum Gasteiger partial charge on any atom is 0.0540 e. The summed E-state index contributed by atoms with van der Waals surface area (Å²) in [4.78, 5) is 4.84. The van der Waals surface area contributed by atoms with Crippen molar-refractivity contribution in [2.45, 2.75) is 19.3 Å². The van der Waals surface area contributed by atoms with E-state index in [1.807, 2.05) is 0 Å². The third kappa shape index (κ3) is 8.20. The molecule has 2 heteroatoms. The van der Waals surface area contributed by atoms with Gasteiger partial charge in [0.25, 0.3) is 0 Å². The van der Waals surface area contributed by atoms with Gasteiger partial charge in [-0.15, -0.1) is 0 Å².